The van der Waals surface area contributed by atoms with E-state index in [1.807, 2.05) is 6.92 Å². The number of carbonyl (C=O) groups excluding carboxylic acids is 1. The normalized spacial score (nSPS) is 20.4. The van der Waals surface area contributed by atoms with Gasteiger partial charge in [-0.3, -0.25) is 4.79 Å². The summed E-state index contributed by atoms with van der Waals surface area (Å²) >= 11 is 0. The molecule has 1 unspecified atom stereocenters. The molecule has 0 saturated heterocycles. The lowest BCUT2D eigenvalue weighted by molar-refractivity contribution is -0.147. The molecule has 0 aromatic heterocycles. The number of esters is 1. The van der Waals surface area contributed by atoms with Gasteiger partial charge in [0.1, 0.15) is 6.04 Å². The van der Waals surface area contributed by atoms with Crippen molar-refractivity contribution in [1.29, 1.82) is 0 Å². The van der Waals surface area contributed by atoms with Crippen LogP contribution in [-0.4, -0.2) is 18.6 Å². The van der Waals surface area contributed by atoms with E-state index in [0.717, 1.165) is 0 Å². The Bertz CT molecular complexity index is 176. The quantitative estimate of drug-likeness (QED) is 0.703. The molecule has 1 aliphatic carbocycles. The molecule has 0 amide bonds. The predicted molar refractivity (Wildman–Crippen MR) is 55.8 cm³/mol. The van der Waals surface area contributed by atoms with Crippen LogP contribution in [0.4, 0.5) is 0 Å². The SMILES string of the molecule is CCC(N)C(=O)OCC1CCCCC1. The van der Waals surface area contributed by atoms with Crippen molar-refractivity contribution in [3.05, 3.63) is 0 Å². The highest BCUT2D eigenvalue weighted by molar-refractivity contribution is 5.75. The van der Waals surface area contributed by atoms with Crippen LogP contribution < -0.4 is 5.73 Å². The van der Waals surface area contributed by atoms with Crippen molar-refractivity contribution in [1.82, 2.24) is 0 Å². The smallest absolute Gasteiger partial charge is 0.322 e. The molecule has 1 saturated carbocycles. The maximum atomic E-state index is 11.3. The Morgan fingerprint density at radius 1 is 1.43 bits per heavy atom. The largest absolute Gasteiger partial charge is 0.464 e. The Hall–Kier alpha value is -0.570. The van der Waals surface area contributed by atoms with Crippen LogP contribution in [-0.2, 0) is 9.53 Å². The molecule has 0 heterocycles. The fraction of sp³-hybridized carbons (Fsp3) is 0.909. The van der Waals surface area contributed by atoms with Crippen LogP contribution in [0.3, 0.4) is 0 Å². The molecule has 3 heteroatoms. The van der Waals surface area contributed by atoms with Crippen molar-refractivity contribution in [3.8, 4) is 0 Å². The molecule has 1 fully saturated rings. The standard InChI is InChI=1S/C11H21NO2/c1-2-10(12)11(13)14-8-9-6-4-3-5-7-9/h9-10H,2-8,12H2,1H3. The third-order valence-corrected chi connectivity index (χ3v) is 2.93. The van der Waals surface area contributed by atoms with Gasteiger partial charge in [-0.15, -0.1) is 0 Å². The lowest BCUT2D eigenvalue weighted by Gasteiger charge is -2.21. The van der Waals surface area contributed by atoms with Gasteiger partial charge in [-0.05, 0) is 25.2 Å². The molecule has 1 aliphatic rings. The Morgan fingerprint density at radius 2 is 2.07 bits per heavy atom. The van der Waals surface area contributed by atoms with Crippen LogP contribution in [0.5, 0.6) is 0 Å². The van der Waals surface area contributed by atoms with Crippen molar-refractivity contribution in [2.45, 2.75) is 51.5 Å². The van der Waals surface area contributed by atoms with Crippen LogP contribution in [0, 0.1) is 5.92 Å². The second-order valence-corrected chi connectivity index (χ2v) is 4.15. The molecule has 0 aromatic rings. The Kier molecular flexibility index (Phi) is 4.94. The molecule has 0 spiro atoms. The second kappa shape index (κ2) is 6.02. The third-order valence-electron chi connectivity index (χ3n) is 2.93. The third kappa shape index (κ3) is 3.66. The van der Waals surface area contributed by atoms with E-state index >= 15 is 0 Å². The predicted octanol–water partition coefficient (Wildman–Crippen LogP) is 1.85. The zero-order valence-electron chi connectivity index (χ0n) is 9.00. The van der Waals surface area contributed by atoms with Crippen LogP contribution in [0.1, 0.15) is 45.4 Å². The number of hydrogen-bond acceptors (Lipinski definition) is 3. The minimum absolute atomic E-state index is 0.238. The Morgan fingerprint density at radius 3 is 2.64 bits per heavy atom. The summed E-state index contributed by atoms with van der Waals surface area (Å²) in [6.07, 6.45) is 6.95. The van der Waals surface area contributed by atoms with E-state index in [1.165, 1.54) is 32.1 Å². The molecule has 0 aliphatic heterocycles. The first kappa shape index (κ1) is 11.5. The highest BCUT2D eigenvalue weighted by Gasteiger charge is 2.17. The number of ether oxygens (including phenoxy) is 1. The first-order valence-electron chi connectivity index (χ1n) is 5.66. The summed E-state index contributed by atoms with van der Waals surface area (Å²) in [6.45, 7) is 2.47. The summed E-state index contributed by atoms with van der Waals surface area (Å²) in [6, 6.07) is -0.432. The summed E-state index contributed by atoms with van der Waals surface area (Å²) in [5.41, 5.74) is 5.56. The maximum Gasteiger partial charge on any atom is 0.322 e. The van der Waals surface area contributed by atoms with Gasteiger partial charge in [-0.2, -0.15) is 0 Å². The lowest BCUT2D eigenvalue weighted by Crippen LogP contribution is -2.32. The van der Waals surface area contributed by atoms with Gasteiger partial charge in [0.15, 0.2) is 0 Å². The van der Waals surface area contributed by atoms with Gasteiger partial charge in [-0.25, -0.2) is 0 Å². The maximum absolute atomic E-state index is 11.3. The second-order valence-electron chi connectivity index (χ2n) is 4.15. The molecule has 14 heavy (non-hydrogen) atoms. The molecule has 0 aromatic carbocycles. The van der Waals surface area contributed by atoms with E-state index in [4.69, 9.17) is 10.5 Å². The highest BCUT2D eigenvalue weighted by atomic mass is 16.5. The van der Waals surface area contributed by atoms with E-state index < -0.39 is 6.04 Å². The van der Waals surface area contributed by atoms with Crippen molar-refractivity contribution >= 4 is 5.97 Å². The van der Waals surface area contributed by atoms with Gasteiger partial charge >= 0.3 is 5.97 Å². The van der Waals surface area contributed by atoms with Crippen LogP contribution in [0.25, 0.3) is 0 Å². The molecule has 1 atom stereocenters. The number of hydrogen-bond donors (Lipinski definition) is 1. The molecule has 0 radical (unpaired) electrons. The van der Waals surface area contributed by atoms with Gasteiger partial charge in [-0.1, -0.05) is 26.2 Å². The number of nitrogens with two attached hydrogens (primary N) is 1. The van der Waals surface area contributed by atoms with Gasteiger partial charge in [0, 0.05) is 0 Å². The molecule has 82 valence electrons. The fourth-order valence-electron chi connectivity index (χ4n) is 1.83. The summed E-state index contributed by atoms with van der Waals surface area (Å²) < 4.78 is 5.17. The van der Waals surface area contributed by atoms with E-state index in [-0.39, 0.29) is 5.97 Å². The highest BCUT2D eigenvalue weighted by Crippen LogP contribution is 2.23. The zero-order chi connectivity index (χ0) is 10.4. The van der Waals surface area contributed by atoms with Crippen molar-refractivity contribution < 1.29 is 9.53 Å². The van der Waals surface area contributed by atoms with Crippen molar-refractivity contribution in [2.75, 3.05) is 6.61 Å². The average molecular weight is 199 g/mol. The molecule has 0 bridgehead atoms. The van der Waals surface area contributed by atoms with Gasteiger partial charge in [0.25, 0.3) is 0 Å². The Balaban J connectivity index is 2.15. The van der Waals surface area contributed by atoms with Crippen molar-refractivity contribution in [3.63, 3.8) is 0 Å². The van der Waals surface area contributed by atoms with E-state index in [9.17, 15) is 4.79 Å². The molecule has 3 nitrogen and oxygen atoms in total. The van der Waals surface area contributed by atoms with Gasteiger partial charge in [0.05, 0.1) is 6.61 Å². The summed E-state index contributed by atoms with van der Waals surface area (Å²) in [5, 5.41) is 0. The zero-order valence-corrected chi connectivity index (χ0v) is 9.00. The summed E-state index contributed by atoms with van der Waals surface area (Å²) in [5.74, 6) is 0.342. The number of rotatable bonds is 4. The monoisotopic (exact) mass is 199 g/mol. The molecule has 2 N–H and O–H groups in total. The first-order chi connectivity index (χ1) is 6.74. The molecule has 1 rings (SSSR count). The minimum Gasteiger partial charge on any atom is -0.464 e. The van der Waals surface area contributed by atoms with Crippen LogP contribution in [0.2, 0.25) is 0 Å². The molecular formula is C11H21NO2. The average Bonchev–Trinajstić information content (AvgIpc) is 2.26. The lowest BCUT2D eigenvalue weighted by atomic mass is 9.90. The number of carbonyl (C=O) groups is 1. The van der Waals surface area contributed by atoms with E-state index in [0.29, 0.717) is 18.9 Å². The van der Waals surface area contributed by atoms with E-state index in [2.05, 4.69) is 0 Å². The van der Waals surface area contributed by atoms with Crippen molar-refractivity contribution in [2.24, 2.45) is 11.7 Å². The molecular weight excluding hydrogens is 178 g/mol. The Labute approximate surface area is 86.0 Å². The summed E-state index contributed by atoms with van der Waals surface area (Å²) in [7, 11) is 0. The first-order valence-corrected chi connectivity index (χ1v) is 5.66. The fourth-order valence-corrected chi connectivity index (χ4v) is 1.83. The summed E-state index contributed by atoms with van der Waals surface area (Å²) in [4.78, 5) is 11.3. The minimum atomic E-state index is -0.432. The van der Waals surface area contributed by atoms with Gasteiger partial charge < -0.3 is 10.5 Å². The van der Waals surface area contributed by atoms with Gasteiger partial charge in [0.2, 0.25) is 0 Å². The van der Waals surface area contributed by atoms with E-state index in [1.54, 1.807) is 0 Å². The van der Waals surface area contributed by atoms with Crippen LogP contribution >= 0.6 is 0 Å². The topological polar surface area (TPSA) is 52.3 Å². The van der Waals surface area contributed by atoms with Crippen LogP contribution in [0.15, 0.2) is 0 Å².